The summed E-state index contributed by atoms with van der Waals surface area (Å²) in [4.78, 5) is 12.9. The Hall–Kier alpha value is -2.17. The lowest BCUT2D eigenvalue weighted by molar-refractivity contribution is 0.827. The smallest absolute Gasteiger partial charge is 0.132 e. The van der Waals surface area contributed by atoms with E-state index in [1.54, 1.807) is 6.20 Å². The number of hydrogen-bond acceptors (Lipinski definition) is 5. The van der Waals surface area contributed by atoms with Gasteiger partial charge in [-0.1, -0.05) is 6.07 Å². The minimum atomic E-state index is 0.102. The topological polar surface area (TPSA) is 62.7 Å². The Kier molecular flexibility index (Phi) is 3.72. The van der Waals surface area contributed by atoms with Gasteiger partial charge < -0.3 is 10.6 Å². The number of pyridine rings is 1. The summed E-state index contributed by atoms with van der Waals surface area (Å²) in [5, 5.41) is 6.33. The third-order valence-electron chi connectivity index (χ3n) is 2.59. The molecule has 94 valence electrons. The summed E-state index contributed by atoms with van der Waals surface area (Å²) in [6, 6.07) is 7.86. The molecule has 0 radical (unpaired) electrons. The fraction of sp³-hybridized carbons (Fsp3) is 0.308. The summed E-state index contributed by atoms with van der Waals surface area (Å²) in [7, 11) is 1.84. The Morgan fingerprint density at radius 2 is 1.94 bits per heavy atom. The van der Waals surface area contributed by atoms with Crippen molar-refractivity contribution in [2.24, 2.45) is 0 Å². The number of hydrogen-bond donors (Lipinski definition) is 2. The first-order chi connectivity index (χ1) is 8.69. The lowest BCUT2D eigenvalue weighted by Gasteiger charge is -2.14. The maximum Gasteiger partial charge on any atom is 0.132 e. The van der Waals surface area contributed by atoms with Gasteiger partial charge in [0, 0.05) is 19.3 Å². The van der Waals surface area contributed by atoms with E-state index in [2.05, 4.69) is 32.5 Å². The highest BCUT2D eigenvalue weighted by molar-refractivity contribution is 5.48. The highest BCUT2D eigenvalue weighted by Crippen LogP contribution is 2.17. The van der Waals surface area contributed by atoms with Gasteiger partial charge in [0.1, 0.15) is 17.5 Å². The Morgan fingerprint density at radius 3 is 2.61 bits per heavy atom. The van der Waals surface area contributed by atoms with Gasteiger partial charge in [-0.15, -0.1) is 0 Å². The second-order valence-electron chi connectivity index (χ2n) is 4.06. The van der Waals surface area contributed by atoms with Gasteiger partial charge >= 0.3 is 0 Å². The van der Waals surface area contributed by atoms with Gasteiger partial charge in [-0.3, -0.25) is 4.98 Å². The molecule has 0 bridgehead atoms. The van der Waals surface area contributed by atoms with Crippen molar-refractivity contribution in [1.29, 1.82) is 0 Å². The number of nitrogens with one attached hydrogen (secondary N) is 2. The van der Waals surface area contributed by atoms with Gasteiger partial charge in [0.25, 0.3) is 0 Å². The second kappa shape index (κ2) is 5.44. The van der Waals surface area contributed by atoms with E-state index < -0.39 is 0 Å². The van der Waals surface area contributed by atoms with E-state index in [0.717, 1.165) is 23.2 Å². The van der Waals surface area contributed by atoms with Crippen LogP contribution < -0.4 is 10.6 Å². The van der Waals surface area contributed by atoms with E-state index in [1.807, 2.05) is 38.2 Å². The molecule has 0 saturated heterocycles. The van der Waals surface area contributed by atoms with Gasteiger partial charge in [0.15, 0.2) is 0 Å². The molecule has 0 spiro atoms. The van der Waals surface area contributed by atoms with Crippen molar-refractivity contribution in [3.05, 3.63) is 42.0 Å². The Morgan fingerprint density at radius 1 is 1.17 bits per heavy atom. The number of aromatic nitrogens is 3. The first kappa shape index (κ1) is 12.3. The van der Waals surface area contributed by atoms with Crippen LogP contribution in [0.5, 0.6) is 0 Å². The van der Waals surface area contributed by atoms with Crippen molar-refractivity contribution in [2.45, 2.75) is 19.9 Å². The van der Waals surface area contributed by atoms with Crippen molar-refractivity contribution in [1.82, 2.24) is 15.0 Å². The van der Waals surface area contributed by atoms with Crippen LogP contribution in [0.15, 0.2) is 30.5 Å². The standard InChI is InChI=1S/C13H17N5/c1-9(11-6-4-5-7-15-11)16-13-8-12(14-3)17-10(2)18-13/h4-9H,1-3H3,(H2,14,16,17,18). The Bertz CT molecular complexity index is 512. The molecule has 0 amide bonds. The number of rotatable bonds is 4. The van der Waals surface area contributed by atoms with Gasteiger partial charge in [-0.2, -0.15) is 0 Å². The van der Waals surface area contributed by atoms with Gasteiger partial charge in [-0.05, 0) is 26.0 Å². The van der Waals surface area contributed by atoms with Gasteiger partial charge in [0.05, 0.1) is 11.7 Å². The molecular weight excluding hydrogens is 226 g/mol. The molecule has 2 rings (SSSR count). The van der Waals surface area contributed by atoms with Crippen LogP contribution in [0.3, 0.4) is 0 Å². The zero-order chi connectivity index (χ0) is 13.0. The lowest BCUT2D eigenvalue weighted by atomic mass is 10.2. The third-order valence-corrected chi connectivity index (χ3v) is 2.59. The summed E-state index contributed by atoms with van der Waals surface area (Å²) >= 11 is 0. The van der Waals surface area contributed by atoms with Crippen LogP contribution in [0.2, 0.25) is 0 Å². The van der Waals surface area contributed by atoms with E-state index in [-0.39, 0.29) is 6.04 Å². The Labute approximate surface area is 107 Å². The van der Waals surface area contributed by atoms with Crippen molar-refractivity contribution in [3.8, 4) is 0 Å². The van der Waals surface area contributed by atoms with E-state index in [0.29, 0.717) is 0 Å². The Balaban J connectivity index is 2.16. The van der Waals surface area contributed by atoms with Gasteiger partial charge in [0.2, 0.25) is 0 Å². The van der Waals surface area contributed by atoms with Crippen LogP contribution in [-0.4, -0.2) is 22.0 Å². The molecule has 5 nitrogen and oxygen atoms in total. The van der Waals surface area contributed by atoms with Crippen LogP contribution in [0.1, 0.15) is 24.5 Å². The van der Waals surface area contributed by atoms with Crippen molar-refractivity contribution < 1.29 is 0 Å². The van der Waals surface area contributed by atoms with E-state index in [1.165, 1.54) is 0 Å². The first-order valence-corrected chi connectivity index (χ1v) is 5.90. The van der Waals surface area contributed by atoms with Crippen molar-refractivity contribution in [2.75, 3.05) is 17.7 Å². The minimum Gasteiger partial charge on any atom is -0.373 e. The summed E-state index contributed by atoms with van der Waals surface area (Å²) < 4.78 is 0. The molecule has 2 heterocycles. The van der Waals surface area contributed by atoms with Crippen LogP contribution in [0.25, 0.3) is 0 Å². The molecule has 0 fully saturated rings. The fourth-order valence-electron chi connectivity index (χ4n) is 1.70. The van der Waals surface area contributed by atoms with E-state index in [9.17, 15) is 0 Å². The van der Waals surface area contributed by atoms with Crippen LogP contribution >= 0.6 is 0 Å². The van der Waals surface area contributed by atoms with Crippen LogP contribution in [-0.2, 0) is 0 Å². The zero-order valence-electron chi connectivity index (χ0n) is 10.8. The molecular formula is C13H17N5. The number of anilines is 2. The highest BCUT2D eigenvalue weighted by atomic mass is 15.1. The molecule has 2 aromatic rings. The largest absolute Gasteiger partial charge is 0.373 e. The SMILES string of the molecule is CNc1cc(NC(C)c2ccccn2)nc(C)n1. The molecule has 18 heavy (non-hydrogen) atoms. The summed E-state index contributed by atoms with van der Waals surface area (Å²) in [5.41, 5.74) is 0.986. The predicted octanol–water partition coefficient (Wildman–Crippen LogP) is 2.39. The molecule has 2 N–H and O–H groups in total. The fourth-order valence-corrected chi connectivity index (χ4v) is 1.70. The second-order valence-corrected chi connectivity index (χ2v) is 4.06. The molecule has 0 aliphatic heterocycles. The predicted molar refractivity (Wildman–Crippen MR) is 72.6 cm³/mol. The van der Waals surface area contributed by atoms with Crippen molar-refractivity contribution in [3.63, 3.8) is 0 Å². The average molecular weight is 243 g/mol. The zero-order valence-corrected chi connectivity index (χ0v) is 10.8. The maximum absolute atomic E-state index is 4.36. The highest BCUT2D eigenvalue weighted by Gasteiger charge is 2.08. The van der Waals surface area contributed by atoms with E-state index >= 15 is 0 Å². The molecule has 0 aliphatic carbocycles. The summed E-state index contributed by atoms with van der Waals surface area (Å²) in [6.45, 7) is 3.93. The maximum atomic E-state index is 4.36. The first-order valence-electron chi connectivity index (χ1n) is 5.90. The van der Waals surface area contributed by atoms with Crippen molar-refractivity contribution >= 4 is 11.6 Å². The van der Waals surface area contributed by atoms with E-state index in [4.69, 9.17) is 0 Å². The molecule has 5 heteroatoms. The molecule has 2 aromatic heterocycles. The molecule has 1 atom stereocenters. The minimum absolute atomic E-state index is 0.102. The quantitative estimate of drug-likeness (QED) is 0.863. The van der Waals surface area contributed by atoms with Crippen LogP contribution in [0, 0.1) is 6.92 Å². The summed E-state index contributed by atoms with van der Waals surface area (Å²) in [5.74, 6) is 2.33. The number of nitrogens with zero attached hydrogens (tertiary/aromatic N) is 3. The molecule has 0 saturated carbocycles. The summed E-state index contributed by atoms with van der Waals surface area (Å²) in [6.07, 6.45) is 1.79. The molecule has 0 aromatic carbocycles. The normalized spacial score (nSPS) is 11.9. The third kappa shape index (κ3) is 2.94. The number of aryl methyl sites for hydroxylation is 1. The lowest BCUT2D eigenvalue weighted by Crippen LogP contribution is -2.10. The molecule has 0 aliphatic rings. The monoisotopic (exact) mass is 243 g/mol. The van der Waals surface area contributed by atoms with Crippen LogP contribution in [0.4, 0.5) is 11.6 Å². The molecule has 1 unspecified atom stereocenters. The average Bonchev–Trinajstić information content (AvgIpc) is 2.39. The van der Waals surface area contributed by atoms with Gasteiger partial charge in [-0.25, -0.2) is 9.97 Å².